The number of ether oxygens (including phenoxy) is 1. The number of hydrogen-bond acceptors (Lipinski definition) is 4. The molecule has 0 heterocycles. The number of rotatable bonds is 8. The Morgan fingerprint density at radius 1 is 1.00 bits per heavy atom. The minimum atomic E-state index is -4.11. The maximum atomic E-state index is 13.5. The molecule has 3 aromatic carbocycles. The van der Waals surface area contributed by atoms with Crippen molar-refractivity contribution in [1.29, 1.82) is 0 Å². The molecule has 174 valence electrons. The zero-order valence-corrected chi connectivity index (χ0v) is 20.7. The van der Waals surface area contributed by atoms with Crippen LogP contribution in [0.3, 0.4) is 0 Å². The van der Waals surface area contributed by atoms with Crippen molar-refractivity contribution in [2.75, 3.05) is 16.2 Å². The largest absolute Gasteiger partial charge is 0.491 e. The van der Waals surface area contributed by atoms with Crippen molar-refractivity contribution in [3.05, 3.63) is 82.3 Å². The number of hydrogen-bond donors (Lipinski definition) is 1. The number of benzene rings is 3. The Balaban J connectivity index is 1.90. The summed E-state index contributed by atoms with van der Waals surface area (Å²) in [6.45, 7) is 5.19. The van der Waals surface area contributed by atoms with Crippen LogP contribution in [0.5, 0.6) is 5.75 Å². The monoisotopic (exact) mass is 506 g/mol. The van der Waals surface area contributed by atoms with Crippen LogP contribution < -0.4 is 14.4 Å². The fourth-order valence-electron chi connectivity index (χ4n) is 3.03. The van der Waals surface area contributed by atoms with Gasteiger partial charge in [0.25, 0.3) is 10.0 Å². The summed E-state index contributed by atoms with van der Waals surface area (Å²) in [5.74, 6) is 0.122. The van der Waals surface area contributed by atoms with Crippen molar-refractivity contribution in [1.82, 2.24) is 0 Å². The van der Waals surface area contributed by atoms with Crippen LogP contribution in [-0.4, -0.2) is 27.0 Å². The lowest BCUT2D eigenvalue weighted by Gasteiger charge is -2.25. The van der Waals surface area contributed by atoms with Gasteiger partial charge >= 0.3 is 0 Å². The third-order valence-electron chi connectivity index (χ3n) is 4.58. The highest BCUT2D eigenvalue weighted by Crippen LogP contribution is 2.33. The van der Waals surface area contributed by atoms with Crippen LogP contribution in [0.4, 0.5) is 11.4 Å². The van der Waals surface area contributed by atoms with E-state index < -0.39 is 22.5 Å². The van der Waals surface area contributed by atoms with Crippen LogP contribution in [0.25, 0.3) is 0 Å². The van der Waals surface area contributed by atoms with E-state index in [1.807, 2.05) is 20.8 Å². The van der Waals surface area contributed by atoms with E-state index in [0.29, 0.717) is 16.5 Å². The zero-order valence-electron chi connectivity index (χ0n) is 18.4. The van der Waals surface area contributed by atoms with Gasteiger partial charge in [-0.25, -0.2) is 8.42 Å². The number of nitrogens with zero attached hydrogens (tertiary/aromatic N) is 1. The third-order valence-corrected chi connectivity index (χ3v) is 6.91. The molecule has 1 N–H and O–H groups in total. The average molecular weight is 507 g/mol. The normalized spacial score (nSPS) is 11.3. The molecule has 0 bridgehead atoms. The molecule has 9 heteroatoms. The number of sulfonamides is 1. The predicted molar refractivity (Wildman–Crippen MR) is 133 cm³/mol. The van der Waals surface area contributed by atoms with E-state index in [-0.39, 0.29) is 21.7 Å². The van der Waals surface area contributed by atoms with E-state index >= 15 is 0 Å². The molecule has 3 rings (SSSR count). The maximum Gasteiger partial charge on any atom is 0.264 e. The SMILES string of the molecule is Cc1ccc(S(=O)(=O)N(CC(=O)Nc2ccc(OC(C)C)cc2)c2cc(Cl)ccc2Cl)cc1. The predicted octanol–water partition coefficient (Wildman–Crippen LogP) is 5.92. The van der Waals surface area contributed by atoms with Gasteiger partial charge in [-0.05, 0) is 75.4 Å². The van der Waals surface area contributed by atoms with Crippen molar-refractivity contribution in [3.63, 3.8) is 0 Å². The molecule has 0 aliphatic rings. The first-order valence-electron chi connectivity index (χ1n) is 10.2. The standard InChI is InChI=1S/C24H24Cl2N2O4S/c1-16(2)32-20-9-7-19(8-10-20)27-24(29)15-28(23-14-18(25)6-13-22(23)26)33(30,31)21-11-4-17(3)5-12-21/h4-14,16H,15H2,1-3H3,(H,27,29). The van der Waals surface area contributed by atoms with Gasteiger partial charge in [0, 0.05) is 10.7 Å². The van der Waals surface area contributed by atoms with Crippen LogP contribution in [0.1, 0.15) is 19.4 Å². The number of carbonyl (C=O) groups excluding carboxylic acids is 1. The fourth-order valence-corrected chi connectivity index (χ4v) is 4.90. The highest BCUT2D eigenvalue weighted by molar-refractivity contribution is 7.92. The van der Waals surface area contributed by atoms with Gasteiger partial charge in [0.05, 0.1) is 21.7 Å². The summed E-state index contributed by atoms with van der Waals surface area (Å²) in [6, 6.07) is 17.6. The van der Waals surface area contributed by atoms with Gasteiger partial charge < -0.3 is 10.1 Å². The molecule has 6 nitrogen and oxygen atoms in total. The van der Waals surface area contributed by atoms with Gasteiger partial charge in [-0.1, -0.05) is 40.9 Å². The Morgan fingerprint density at radius 3 is 2.24 bits per heavy atom. The smallest absolute Gasteiger partial charge is 0.264 e. The van der Waals surface area contributed by atoms with Crippen molar-refractivity contribution in [3.8, 4) is 5.75 Å². The maximum absolute atomic E-state index is 13.5. The highest BCUT2D eigenvalue weighted by Gasteiger charge is 2.29. The zero-order chi connectivity index (χ0) is 24.2. The minimum Gasteiger partial charge on any atom is -0.491 e. The number of nitrogens with one attached hydrogen (secondary N) is 1. The summed E-state index contributed by atoms with van der Waals surface area (Å²) in [7, 11) is -4.11. The Morgan fingerprint density at radius 2 is 1.64 bits per heavy atom. The molecule has 3 aromatic rings. The summed E-state index contributed by atoms with van der Waals surface area (Å²) in [5, 5.41) is 3.16. The quantitative estimate of drug-likeness (QED) is 0.411. The van der Waals surface area contributed by atoms with Crippen LogP contribution in [0, 0.1) is 6.92 Å². The summed E-state index contributed by atoms with van der Waals surface area (Å²) in [4.78, 5) is 12.9. The second kappa shape index (κ2) is 10.5. The number of halogens is 2. The van der Waals surface area contributed by atoms with Crippen LogP contribution in [0.2, 0.25) is 10.0 Å². The first-order valence-corrected chi connectivity index (χ1v) is 12.4. The van der Waals surface area contributed by atoms with Crippen molar-refractivity contribution >= 4 is 50.5 Å². The second-order valence-electron chi connectivity index (χ2n) is 7.66. The Kier molecular flexibility index (Phi) is 7.89. The molecule has 1 amide bonds. The van der Waals surface area contributed by atoms with Gasteiger partial charge in [0.1, 0.15) is 12.3 Å². The third kappa shape index (κ3) is 6.41. The molecule has 0 saturated carbocycles. The molecule has 0 atom stereocenters. The van der Waals surface area contributed by atoms with Crippen LogP contribution >= 0.6 is 23.2 Å². The molecule has 0 aromatic heterocycles. The summed E-state index contributed by atoms with van der Waals surface area (Å²) < 4.78 is 33.5. The lowest BCUT2D eigenvalue weighted by atomic mass is 10.2. The Bertz CT molecular complexity index is 1230. The van der Waals surface area contributed by atoms with Gasteiger partial charge in [-0.2, -0.15) is 0 Å². The molecule has 33 heavy (non-hydrogen) atoms. The van der Waals surface area contributed by atoms with Crippen molar-refractivity contribution in [2.24, 2.45) is 0 Å². The van der Waals surface area contributed by atoms with Crippen molar-refractivity contribution in [2.45, 2.75) is 31.8 Å². The molecule has 0 saturated heterocycles. The van der Waals surface area contributed by atoms with E-state index in [4.69, 9.17) is 27.9 Å². The molecule has 0 spiro atoms. The molecule has 0 unspecified atom stereocenters. The highest BCUT2D eigenvalue weighted by atomic mass is 35.5. The molecule has 0 radical (unpaired) electrons. The number of aryl methyl sites for hydroxylation is 1. The number of anilines is 2. The first-order chi connectivity index (χ1) is 15.6. The van der Waals surface area contributed by atoms with Gasteiger partial charge in [0.2, 0.25) is 5.91 Å². The van der Waals surface area contributed by atoms with Crippen molar-refractivity contribution < 1.29 is 17.9 Å². The first kappa shape index (κ1) is 24.9. The van der Waals surface area contributed by atoms with E-state index in [2.05, 4.69) is 5.32 Å². The number of amides is 1. The van der Waals surface area contributed by atoms with Gasteiger partial charge in [-0.3, -0.25) is 9.10 Å². The topological polar surface area (TPSA) is 75.7 Å². The minimum absolute atomic E-state index is 0.0217. The molecular weight excluding hydrogens is 483 g/mol. The Labute approximate surface area is 204 Å². The molecule has 0 fully saturated rings. The average Bonchev–Trinajstić information content (AvgIpc) is 2.75. The molecule has 0 aliphatic heterocycles. The second-order valence-corrected chi connectivity index (χ2v) is 10.4. The fraction of sp³-hybridized carbons (Fsp3) is 0.208. The van der Waals surface area contributed by atoms with E-state index in [0.717, 1.165) is 9.87 Å². The van der Waals surface area contributed by atoms with E-state index in [1.54, 1.807) is 42.5 Å². The van der Waals surface area contributed by atoms with Gasteiger partial charge in [-0.15, -0.1) is 0 Å². The lowest BCUT2D eigenvalue weighted by molar-refractivity contribution is -0.114. The van der Waals surface area contributed by atoms with Gasteiger partial charge in [0.15, 0.2) is 0 Å². The Hall–Kier alpha value is -2.74. The summed E-state index contributed by atoms with van der Waals surface area (Å²) in [5.41, 5.74) is 1.52. The van der Waals surface area contributed by atoms with E-state index in [9.17, 15) is 13.2 Å². The van der Waals surface area contributed by atoms with E-state index in [1.165, 1.54) is 24.3 Å². The molecular formula is C24H24Cl2N2O4S. The summed E-state index contributed by atoms with van der Waals surface area (Å²) in [6.07, 6.45) is 0.0217. The lowest BCUT2D eigenvalue weighted by Crippen LogP contribution is -2.38. The number of carbonyl (C=O) groups is 1. The van der Waals surface area contributed by atoms with Crippen LogP contribution in [0.15, 0.2) is 71.6 Å². The van der Waals surface area contributed by atoms with Crippen LogP contribution in [-0.2, 0) is 14.8 Å². The summed E-state index contributed by atoms with van der Waals surface area (Å²) >= 11 is 12.4. The molecule has 0 aliphatic carbocycles.